The number of amides is 1. The molecule has 3 atom stereocenters. The molecule has 0 spiro atoms. The van der Waals surface area contributed by atoms with E-state index in [9.17, 15) is 4.79 Å². The van der Waals surface area contributed by atoms with Gasteiger partial charge in [0.1, 0.15) is 5.38 Å². The van der Waals surface area contributed by atoms with Gasteiger partial charge in [-0.05, 0) is 25.2 Å². The second kappa shape index (κ2) is 3.87. The first kappa shape index (κ1) is 9.32. The molecule has 1 heterocycles. The van der Waals surface area contributed by atoms with Crippen molar-refractivity contribution < 1.29 is 4.79 Å². The van der Waals surface area contributed by atoms with Gasteiger partial charge in [-0.3, -0.25) is 4.79 Å². The van der Waals surface area contributed by atoms with Crippen LogP contribution in [0.2, 0.25) is 0 Å². The zero-order valence-electron chi connectivity index (χ0n) is 7.76. The Morgan fingerprint density at radius 1 is 1.23 bits per heavy atom. The van der Waals surface area contributed by atoms with Gasteiger partial charge >= 0.3 is 0 Å². The van der Waals surface area contributed by atoms with E-state index in [0.717, 1.165) is 12.8 Å². The third-order valence-corrected chi connectivity index (χ3v) is 3.66. The molecule has 1 aliphatic heterocycles. The molecule has 1 aliphatic carbocycles. The van der Waals surface area contributed by atoms with Gasteiger partial charge in [0.15, 0.2) is 0 Å². The minimum absolute atomic E-state index is 0.0461. The highest BCUT2D eigenvalue weighted by Gasteiger charge is 2.34. The Morgan fingerprint density at radius 2 is 2.00 bits per heavy atom. The Bertz CT molecular complexity index is 207. The van der Waals surface area contributed by atoms with Crippen LogP contribution in [0.1, 0.15) is 38.5 Å². The maximum atomic E-state index is 11.3. The van der Waals surface area contributed by atoms with Crippen molar-refractivity contribution in [1.82, 2.24) is 5.32 Å². The van der Waals surface area contributed by atoms with E-state index in [1.54, 1.807) is 0 Å². The Balaban J connectivity index is 2.03. The van der Waals surface area contributed by atoms with Crippen molar-refractivity contribution in [1.29, 1.82) is 0 Å². The average Bonchev–Trinajstić information content (AvgIpc) is 2.31. The molecule has 2 rings (SSSR count). The molecule has 1 amide bonds. The molecule has 2 fully saturated rings. The van der Waals surface area contributed by atoms with Crippen LogP contribution < -0.4 is 5.32 Å². The molecule has 0 aromatic carbocycles. The summed E-state index contributed by atoms with van der Waals surface area (Å²) >= 11 is 5.93. The first-order valence-electron chi connectivity index (χ1n) is 5.22. The number of halogens is 1. The molecule has 13 heavy (non-hydrogen) atoms. The molecular weight excluding hydrogens is 186 g/mol. The molecule has 1 saturated carbocycles. The molecule has 3 heteroatoms. The van der Waals surface area contributed by atoms with Crippen molar-refractivity contribution in [2.75, 3.05) is 0 Å². The van der Waals surface area contributed by atoms with Crippen molar-refractivity contribution in [3.8, 4) is 0 Å². The molecule has 0 aromatic heterocycles. The highest BCUT2D eigenvalue weighted by molar-refractivity contribution is 6.30. The maximum absolute atomic E-state index is 11.3. The summed E-state index contributed by atoms with van der Waals surface area (Å²) in [6.45, 7) is 0. The smallest absolute Gasteiger partial charge is 0.238 e. The number of piperidine rings is 1. The van der Waals surface area contributed by atoms with Crippen LogP contribution in [0.5, 0.6) is 0 Å². The second-order valence-electron chi connectivity index (χ2n) is 4.22. The van der Waals surface area contributed by atoms with Crippen LogP contribution in [0, 0.1) is 5.92 Å². The lowest BCUT2D eigenvalue weighted by molar-refractivity contribution is -0.124. The number of fused-ring (bicyclic) bond motifs is 1. The van der Waals surface area contributed by atoms with Gasteiger partial charge in [-0.15, -0.1) is 11.6 Å². The topological polar surface area (TPSA) is 29.1 Å². The highest BCUT2D eigenvalue weighted by atomic mass is 35.5. The van der Waals surface area contributed by atoms with E-state index in [1.807, 2.05) is 0 Å². The van der Waals surface area contributed by atoms with Crippen molar-refractivity contribution in [3.05, 3.63) is 0 Å². The molecule has 2 aliphatic rings. The lowest BCUT2D eigenvalue weighted by Crippen LogP contribution is -2.49. The summed E-state index contributed by atoms with van der Waals surface area (Å²) in [5.41, 5.74) is 0. The van der Waals surface area contributed by atoms with Gasteiger partial charge in [0.05, 0.1) is 0 Å². The lowest BCUT2D eigenvalue weighted by Gasteiger charge is -2.33. The third kappa shape index (κ3) is 1.98. The molecule has 2 nitrogen and oxygen atoms in total. The summed E-state index contributed by atoms with van der Waals surface area (Å²) in [6, 6.07) is 0.421. The second-order valence-corrected chi connectivity index (χ2v) is 4.74. The molecular formula is C10H16ClNO. The summed E-state index contributed by atoms with van der Waals surface area (Å²) in [6.07, 6.45) is 7.16. The number of rotatable bonds is 0. The molecule has 0 bridgehead atoms. The van der Waals surface area contributed by atoms with Crippen molar-refractivity contribution in [3.63, 3.8) is 0 Å². The predicted octanol–water partition coefficient (Wildman–Crippen LogP) is 2.06. The third-order valence-electron chi connectivity index (χ3n) is 3.28. The van der Waals surface area contributed by atoms with Gasteiger partial charge in [-0.1, -0.05) is 19.3 Å². The quantitative estimate of drug-likeness (QED) is 0.598. The average molecular weight is 202 g/mol. The maximum Gasteiger partial charge on any atom is 0.238 e. The molecule has 0 aromatic rings. The first-order chi connectivity index (χ1) is 6.27. The molecule has 0 radical (unpaired) electrons. The van der Waals surface area contributed by atoms with Gasteiger partial charge in [0.25, 0.3) is 0 Å². The van der Waals surface area contributed by atoms with Crippen LogP contribution in [0.25, 0.3) is 0 Å². The molecule has 74 valence electrons. The minimum atomic E-state index is -0.278. The van der Waals surface area contributed by atoms with Crippen molar-refractivity contribution >= 4 is 17.5 Å². The van der Waals surface area contributed by atoms with Crippen LogP contribution in [-0.4, -0.2) is 17.3 Å². The van der Waals surface area contributed by atoms with Crippen LogP contribution in [0.4, 0.5) is 0 Å². The Morgan fingerprint density at radius 3 is 2.85 bits per heavy atom. The van der Waals surface area contributed by atoms with Gasteiger partial charge < -0.3 is 5.32 Å². The highest BCUT2D eigenvalue weighted by Crippen LogP contribution is 2.31. The molecule has 1 N–H and O–H groups in total. The van der Waals surface area contributed by atoms with Gasteiger partial charge in [0, 0.05) is 6.04 Å². The summed E-state index contributed by atoms with van der Waals surface area (Å²) < 4.78 is 0. The normalized spacial score (nSPS) is 40.4. The fourth-order valence-corrected chi connectivity index (χ4v) is 2.79. The number of carbonyl (C=O) groups excluding carboxylic acids is 1. The monoisotopic (exact) mass is 201 g/mol. The zero-order valence-corrected chi connectivity index (χ0v) is 8.52. The molecule has 1 saturated heterocycles. The standard InChI is InChI=1S/C10H16ClNO/c11-8-6-7-4-2-1-3-5-9(7)12-10(8)13/h7-9H,1-6H2,(H,12,13)/t7-,8?,9+/m1/s1. The zero-order chi connectivity index (χ0) is 9.26. The van der Waals surface area contributed by atoms with Crippen molar-refractivity contribution in [2.24, 2.45) is 5.92 Å². The van der Waals surface area contributed by atoms with E-state index in [0.29, 0.717) is 12.0 Å². The van der Waals surface area contributed by atoms with Gasteiger partial charge in [-0.25, -0.2) is 0 Å². The predicted molar refractivity (Wildman–Crippen MR) is 52.8 cm³/mol. The van der Waals surface area contributed by atoms with E-state index in [2.05, 4.69) is 5.32 Å². The van der Waals surface area contributed by atoms with E-state index >= 15 is 0 Å². The van der Waals surface area contributed by atoms with E-state index in [1.165, 1.54) is 25.7 Å². The first-order valence-corrected chi connectivity index (χ1v) is 5.65. The van der Waals surface area contributed by atoms with Crippen LogP contribution in [-0.2, 0) is 4.79 Å². The lowest BCUT2D eigenvalue weighted by atomic mass is 9.87. The summed E-state index contributed by atoms with van der Waals surface area (Å²) in [5.74, 6) is 0.688. The van der Waals surface area contributed by atoms with E-state index < -0.39 is 0 Å². The number of hydrogen-bond donors (Lipinski definition) is 1. The summed E-state index contributed by atoms with van der Waals surface area (Å²) in [7, 11) is 0. The van der Waals surface area contributed by atoms with Gasteiger partial charge in [-0.2, -0.15) is 0 Å². The number of carbonyl (C=O) groups is 1. The van der Waals surface area contributed by atoms with Gasteiger partial charge in [0.2, 0.25) is 5.91 Å². The number of alkyl halides is 1. The van der Waals surface area contributed by atoms with E-state index in [-0.39, 0.29) is 11.3 Å². The van der Waals surface area contributed by atoms with Crippen molar-refractivity contribution in [2.45, 2.75) is 49.9 Å². The number of nitrogens with one attached hydrogen (secondary N) is 1. The Kier molecular flexibility index (Phi) is 2.77. The summed E-state index contributed by atoms with van der Waals surface area (Å²) in [5, 5.41) is 2.76. The fraction of sp³-hybridized carbons (Fsp3) is 0.900. The Labute approximate surface area is 84.0 Å². The van der Waals surface area contributed by atoms with Crippen LogP contribution in [0.3, 0.4) is 0 Å². The Hall–Kier alpha value is -0.240. The minimum Gasteiger partial charge on any atom is -0.352 e. The SMILES string of the molecule is O=C1N[C@H]2CCCCC[C@@H]2CC1Cl. The van der Waals surface area contributed by atoms with Crippen LogP contribution >= 0.6 is 11.6 Å². The molecule has 1 unspecified atom stereocenters. The summed E-state index contributed by atoms with van der Waals surface area (Å²) in [4.78, 5) is 11.3. The largest absolute Gasteiger partial charge is 0.352 e. The fourth-order valence-electron chi connectivity index (χ4n) is 2.50. The number of hydrogen-bond acceptors (Lipinski definition) is 1. The van der Waals surface area contributed by atoms with E-state index in [4.69, 9.17) is 11.6 Å². The van der Waals surface area contributed by atoms with Crippen LogP contribution in [0.15, 0.2) is 0 Å².